The van der Waals surface area contributed by atoms with Gasteiger partial charge in [-0.15, -0.1) is 23.5 Å². The summed E-state index contributed by atoms with van der Waals surface area (Å²) in [4.78, 5) is 23.0. The summed E-state index contributed by atoms with van der Waals surface area (Å²) in [7, 11) is 0. The molecule has 0 N–H and O–H groups in total. The zero-order chi connectivity index (χ0) is 13.1. The first-order valence-electron chi connectivity index (χ1n) is 5.70. The Balaban J connectivity index is 2.25. The molecule has 4 heteroatoms. The standard InChI is InChI=1S/C14H14O2S2/c1-9(15)13(10(2)16)14-17-8-12(18-14)11-6-4-3-5-7-11/h3-7,12H,8H2,1-2H3. The van der Waals surface area contributed by atoms with E-state index in [0.717, 1.165) is 9.99 Å². The highest BCUT2D eigenvalue weighted by atomic mass is 32.2. The van der Waals surface area contributed by atoms with Gasteiger partial charge in [-0.05, 0) is 19.4 Å². The first kappa shape index (κ1) is 13.4. The van der Waals surface area contributed by atoms with Gasteiger partial charge in [-0.25, -0.2) is 0 Å². The summed E-state index contributed by atoms with van der Waals surface area (Å²) in [5.41, 5.74) is 1.61. The minimum absolute atomic E-state index is 0.133. The van der Waals surface area contributed by atoms with E-state index in [1.807, 2.05) is 18.2 Å². The van der Waals surface area contributed by atoms with Crippen molar-refractivity contribution < 1.29 is 9.59 Å². The molecule has 1 aromatic rings. The number of ketones is 2. The van der Waals surface area contributed by atoms with E-state index in [2.05, 4.69) is 12.1 Å². The molecule has 2 nitrogen and oxygen atoms in total. The Bertz CT molecular complexity index is 490. The second-order valence-electron chi connectivity index (χ2n) is 4.10. The van der Waals surface area contributed by atoms with E-state index in [-0.39, 0.29) is 11.6 Å². The van der Waals surface area contributed by atoms with E-state index in [1.54, 1.807) is 23.5 Å². The first-order valence-corrected chi connectivity index (χ1v) is 7.56. The van der Waals surface area contributed by atoms with E-state index >= 15 is 0 Å². The zero-order valence-corrected chi connectivity index (χ0v) is 11.9. The molecule has 1 aromatic carbocycles. The molecule has 0 radical (unpaired) electrons. The normalized spacial score (nSPS) is 18.8. The van der Waals surface area contributed by atoms with Gasteiger partial charge >= 0.3 is 0 Å². The lowest BCUT2D eigenvalue weighted by Gasteiger charge is -2.07. The summed E-state index contributed by atoms with van der Waals surface area (Å²) in [6.07, 6.45) is 0. The van der Waals surface area contributed by atoms with Crippen LogP contribution in [0, 0.1) is 0 Å². The van der Waals surface area contributed by atoms with Crippen LogP contribution in [0.2, 0.25) is 0 Å². The molecular formula is C14H14O2S2. The minimum Gasteiger partial charge on any atom is -0.294 e. The van der Waals surface area contributed by atoms with Crippen molar-refractivity contribution in [3.05, 3.63) is 45.7 Å². The topological polar surface area (TPSA) is 34.1 Å². The average molecular weight is 278 g/mol. The number of hydrogen-bond acceptors (Lipinski definition) is 4. The molecule has 0 bridgehead atoms. The maximum absolute atomic E-state index is 11.5. The number of carbonyl (C=O) groups is 2. The molecule has 2 rings (SSSR count). The molecule has 0 saturated carbocycles. The number of allylic oxidation sites excluding steroid dienone is 1. The summed E-state index contributed by atoms with van der Waals surface area (Å²) < 4.78 is 0.879. The van der Waals surface area contributed by atoms with Crippen molar-refractivity contribution in [2.45, 2.75) is 19.1 Å². The van der Waals surface area contributed by atoms with Crippen molar-refractivity contribution in [2.75, 3.05) is 5.75 Å². The minimum atomic E-state index is -0.133. The van der Waals surface area contributed by atoms with Crippen LogP contribution in [0.4, 0.5) is 0 Å². The van der Waals surface area contributed by atoms with Gasteiger partial charge < -0.3 is 0 Å². The number of hydrogen-bond donors (Lipinski definition) is 0. The van der Waals surface area contributed by atoms with E-state index in [9.17, 15) is 9.59 Å². The predicted molar refractivity (Wildman–Crippen MR) is 77.6 cm³/mol. The Morgan fingerprint density at radius 2 is 1.72 bits per heavy atom. The van der Waals surface area contributed by atoms with Crippen LogP contribution in [0.25, 0.3) is 0 Å². The van der Waals surface area contributed by atoms with Crippen molar-refractivity contribution in [3.63, 3.8) is 0 Å². The summed E-state index contributed by atoms with van der Waals surface area (Å²) in [6, 6.07) is 10.2. The van der Waals surface area contributed by atoms with Crippen molar-refractivity contribution in [1.82, 2.24) is 0 Å². The van der Waals surface area contributed by atoms with Gasteiger partial charge in [0.05, 0.1) is 9.81 Å². The van der Waals surface area contributed by atoms with Gasteiger partial charge in [0, 0.05) is 11.0 Å². The van der Waals surface area contributed by atoms with Crippen LogP contribution in [-0.2, 0) is 9.59 Å². The number of Topliss-reactive ketones (excluding diaryl/α,β-unsaturated/α-hetero) is 2. The van der Waals surface area contributed by atoms with Crippen LogP contribution < -0.4 is 0 Å². The highest BCUT2D eigenvalue weighted by molar-refractivity contribution is 8.25. The fraction of sp³-hybridized carbons (Fsp3) is 0.286. The smallest absolute Gasteiger partial charge is 0.165 e. The van der Waals surface area contributed by atoms with E-state index in [0.29, 0.717) is 10.8 Å². The van der Waals surface area contributed by atoms with Crippen molar-refractivity contribution in [1.29, 1.82) is 0 Å². The molecule has 0 aromatic heterocycles. The van der Waals surface area contributed by atoms with Crippen LogP contribution in [0.5, 0.6) is 0 Å². The lowest BCUT2D eigenvalue weighted by molar-refractivity contribution is -0.119. The summed E-state index contributed by atoms with van der Waals surface area (Å²) >= 11 is 3.24. The Morgan fingerprint density at radius 1 is 1.11 bits per heavy atom. The molecule has 94 valence electrons. The predicted octanol–water partition coefficient (Wildman–Crippen LogP) is 3.60. The van der Waals surface area contributed by atoms with Crippen LogP contribution in [0.15, 0.2) is 40.1 Å². The molecule has 1 fully saturated rings. The molecule has 0 spiro atoms. The molecule has 1 saturated heterocycles. The highest BCUT2D eigenvalue weighted by Gasteiger charge is 2.28. The van der Waals surface area contributed by atoms with Gasteiger partial charge in [-0.2, -0.15) is 0 Å². The Hall–Kier alpha value is -1.00. The number of carbonyl (C=O) groups excluding carboxylic acids is 2. The SMILES string of the molecule is CC(=O)C(C(C)=O)=C1SCC(c2ccccc2)S1. The quantitative estimate of drug-likeness (QED) is 0.480. The maximum Gasteiger partial charge on any atom is 0.165 e. The molecule has 18 heavy (non-hydrogen) atoms. The molecule has 1 atom stereocenters. The van der Waals surface area contributed by atoms with Crippen LogP contribution >= 0.6 is 23.5 Å². The van der Waals surface area contributed by atoms with Gasteiger partial charge in [0.15, 0.2) is 11.6 Å². The van der Waals surface area contributed by atoms with E-state index in [1.165, 1.54) is 19.4 Å². The third kappa shape index (κ3) is 2.87. The number of rotatable bonds is 3. The highest BCUT2D eigenvalue weighted by Crippen LogP contribution is 2.51. The molecule has 1 aliphatic heterocycles. The monoisotopic (exact) mass is 278 g/mol. The van der Waals surface area contributed by atoms with Crippen LogP contribution in [-0.4, -0.2) is 17.3 Å². The first-order chi connectivity index (χ1) is 8.59. The maximum atomic E-state index is 11.5. The average Bonchev–Trinajstić information content (AvgIpc) is 2.78. The third-order valence-electron chi connectivity index (χ3n) is 2.69. The van der Waals surface area contributed by atoms with Gasteiger partial charge in [-0.1, -0.05) is 30.3 Å². The molecule has 1 heterocycles. The second-order valence-corrected chi connectivity index (χ2v) is 6.60. The summed E-state index contributed by atoms with van der Waals surface area (Å²) in [5.74, 6) is 0.645. The fourth-order valence-corrected chi connectivity index (χ4v) is 5.03. The van der Waals surface area contributed by atoms with Gasteiger partial charge in [0.1, 0.15) is 0 Å². The van der Waals surface area contributed by atoms with Gasteiger partial charge in [0.2, 0.25) is 0 Å². The summed E-state index contributed by atoms with van der Waals surface area (Å²) in [5, 5.41) is 0.333. The molecule has 1 unspecified atom stereocenters. The lowest BCUT2D eigenvalue weighted by atomic mass is 10.1. The number of benzene rings is 1. The van der Waals surface area contributed by atoms with Gasteiger partial charge in [0.25, 0.3) is 0 Å². The molecule has 0 amide bonds. The molecule has 0 aliphatic carbocycles. The van der Waals surface area contributed by atoms with Crippen molar-refractivity contribution in [3.8, 4) is 0 Å². The molecule has 1 aliphatic rings. The van der Waals surface area contributed by atoms with Gasteiger partial charge in [-0.3, -0.25) is 9.59 Å². The Morgan fingerprint density at radius 3 is 2.28 bits per heavy atom. The second kappa shape index (κ2) is 5.76. The fourth-order valence-electron chi connectivity index (χ4n) is 1.85. The lowest BCUT2D eigenvalue weighted by Crippen LogP contribution is -2.07. The third-order valence-corrected chi connectivity index (χ3v) is 5.66. The van der Waals surface area contributed by atoms with E-state index in [4.69, 9.17) is 0 Å². The Labute approximate surface area is 115 Å². The van der Waals surface area contributed by atoms with Crippen molar-refractivity contribution >= 4 is 35.1 Å². The number of thioether (sulfide) groups is 2. The largest absolute Gasteiger partial charge is 0.294 e. The van der Waals surface area contributed by atoms with E-state index < -0.39 is 0 Å². The van der Waals surface area contributed by atoms with Crippen LogP contribution in [0.1, 0.15) is 24.7 Å². The van der Waals surface area contributed by atoms with Crippen molar-refractivity contribution in [2.24, 2.45) is 0 Å². The zero-order valence-electron chi connectivity index (χ0n) is 10.3. The van der Waals surface area contributed by atoms with Crippen LogP contribution in [0.3, 0.4) is 0 Å². The molecular weight excluding hydrogens is 264 g/mol. The summed E-state index contributed by atoms with van der Waals surface area (Å²) in [6.45, 7) is 2.92. The Kier molecular flexibility index (Phi) is 4.30.